The highest BCUT2D eigenvalue weighted by Crippen LogP contribution is 2.16. The molecule has 1 atom stereocenters. The Labute approximate surface area is 96.1 Å². The summed E-state index contributed by atoms with van der Waals surface area (Å²) >= 11 is 0. The molecule has 0 fully saturated rings. The Morgan fingerprint density at radius 2 is 2.19 bits per heavy atom. The molecule has 0 saturated carbocycles. The highest BCUT2D eigenvalue weighted by molar-refractivity contribution is 5.77. The molecule has 1 N–H and O–H groups in total. The van der Waals surface area contributed by atoms with Crippen LogP contribution in [-0.4, -0.2) is 19.6 Å². The molecule has 1 rings (SSSR count). The first kappa shape index (κ1) is 12.5. The van der Waals surface area contributed by atoms with Gasteiger partial charge in [-0.25, -0.2) is 0 Å². The average molecular weight is 219 g/mol. The molecule has 0 heterocycles. The molecule has 1 aromatic carbocycles. The zero-order chi connectivity index (χ0) is 11.8. The number of hydrogen-bond acceptors (Lipinski definition) is 2. The van der Waals surface area contributed by atoms with E-state index in [9.17, 15) is 4.79 Å². The normalized spacial score (nSPS) is 11.8. The Balaban J connectivity index is 2.68. The molecule has 3 nitrogen and oxygen atoms in total. The highest BCUT2D eigenvalue weighted by atomic mass is 16.5. The number of carbonyl (C=O) groups is 1. The minimum atomic E-state index is -0.113. The number of ether oxygens (including phenoxy) is 1. The van der Waals surface area contributed by atoms with Gasteiger partial charge in [-0.2, -0.15) is 0 Å². The third-order valence-electron chi connectivity index (χ3n) is 2.21. The first-order valence-corrected chi connectivity index (χ1v) is 5.22. The molecule has 3 heteroatoms. The molecule has 1 amide bonds. The van der Waals surface area contributed by atoms with Crippen LogP contribution in [-0.2, 0) is 9.53 Å². The van der Waals surface area contributed by atoms with Crippen molar-refractivity contribution in [1.82, 2.24) is 5.32 Å². The number of hydrogen-bond donors (Lipinski definition) is 1. The van der Waals surface area contributed by atoms with Gasteiger partial charge in [0.25, 0.3) is 0 Å². The van der Waals surface area contributed by atoms with Crippen LogP contribution in [0.15, 0.2) is 43.0 Å². The Kier molecular flexibility index (Phi) is 5.29. The second-order valence-corrected chi connectivity index (χ2v) is 3.49. The summed E-state index contributed by atoms with van der Waals surface area (Å²) in [5, 5.41) is 2.90. The monoisotopic (exact) mass is 219 g/mol. The molecule has 0 aromatic heterocycles. The molecule has 0 bridgehead atoms. The predicted molar refractivity (Wildman–Crippen MR) is 64.0 cm³/mol. The van der Waals surface area contributed by atoms with Gasteiger partial charge in [-0.1, -0.05) is 36.4 Å². The molecule has 0 saturated heterocycles. The molecular formula is C13H17NO2. The van der Waals surface area contributed by atoms with E-state index < -0.39 is 0 Å². The van der Waals surface area contributed by atoms with Crippen LogP contribution in [0.25, 0.3) is 0 Å². The molecule has 0 aliphatic carbocycles. The molecule has 0 spiro atoms. The van der Waals surface area contributed by atoms with Gasteiger partial charge in [0.15, 0.2) is 0 Å². The van der Waals surface area contributed by atoms with Crippen molar-refractivity contribution in [3.05, 3.63) is 48.6 Å². The lowest BCUT2D eigenvalue weighted by Crippen LogP contribution is -2.31. The van der Waals surface area contributed by atoms with Crippen molar-refractivity contribution < 1.29 is 9.53 Å². The van der Waals surface area contributed by atoms with Crippen LogP contribution in [0, 0.1) is 0 Å². The van der Waals surface area contributed by atoms with Crippen molar-refractivity contribution >= 4 is 5.91 Å². The largest absolute Gasteiger partial charge is 0.375 e. The molecule has 16 heavy (non-hydrogen) atoms. The van der Waals surface area contributed by atoms with E-state index in [2.05, 4.69) is 11.9 Å². The quantitative estimate of drug-likeness (QED) is 0.744. The highest BCUT2D eigenvalue weighted by Gasteiger charge is 2.12. The number of benzene rings is 1. The van der Waals surface area contributed by atoms with Gasteiger partial charge in [-0.05, 0) is 12.0 Å². The van der Waals surface area contributed by atoms with E-state index >= 15 is 0 Å². The van der Waals surface area contributed by atoms with Crippen LogP contribution in [0.5, 0.6) is 0 Å². The van der Waals surface area contributed by atoms with Gasteiger partial charge in [0.1, 0.15) is 6.61 Å². The van der Waals surface area contributed by atoms with E-state index in [1.165, 1.54) is 7.11 Å². The standard InChI is InChI=1S/C13H17NO2/c1-3-7-12(14-13(15)10-16-2)11-8-5-4-6-9-11/h3-6,8-9,12H,1,7,10H2,2H3,(H,14,15)/t12-/m1/s1. The van der Waals surface area contributed by atoms with E-state index in [1.807, 2.05) is 30.3 Å². The molecule has 0 aliphatic rings. The van der Waals surface area contributed by atoms with Gasteiger partial charge >= 0.3 is 0 Å². The summed E-state index contributed by atoms with van der Waals surface area (Å²) < 4.78 is 4.78. The first-order chi connectivity index (χ1) is 7.77. The Hall–Kier alpha value is -1.61. The van der Waals surface area contributed by atoms with Gasteiger partial charge in [0, 0.05) is 7.11 Å². The van der Waals surface area contributed by atoms with Crippen LogP contribution < -0.4 is 5.32 Å². The second-order valence-electron chi connectivity index (χ2n) is 3.49. The zero-order valence-corrected chi connectivity index (χ0v) is 9.48. The molecule has 1 aromatic rings. The van der Waals surface area contributed by atoms with Gasteiger partial charge in [-0.3, -0.25) is 4.79 Å². The van der Waals surface area contributed by atoms with Crippen molar-refractivity contribution in [2.75, 3.05) is 13.7 Å². The number of methoxy groups -OCH3 is 1. The predicted octanol–water partition coefficient (Wildman–Crippen LogP) is 2.07. The smallest absolute Gasteiger partial charge is 0.246 e. The fourth-order valence-electron chi connectivity index (χ4n) is 1.50. The summed E-state index contributed by atoms with van der Waals surface area (Å²) in [7, 11) is 1.50. The summed E-state index contributed by atoms with van der Waals surface area (Å²) in [5.41, 5.74) is 1.08. The van der Waals surface area contributed by atoms with E-state index in [4.69, 9.17) is 4.74 Å². The lowest BCUT2D eigenvalue weighted by atomic mass is 10.0. The summed E-state index contributed by atoms with van der Waals surface area (Å²) in [6.07, 6.45) is 2.50. The van der Waals surface area contributed by atoms with Gasteiger partial charge < -0.3 is 10.1 Å². The fourth-order valence-corrected chi connectivity index (χ4v) is 1.50. The summed E-state index contributed by atoms with van der Waals surface area (Å²) in [4.78, 5) is 11.4. The van der Waals surface area contributed by atoms with E-state index in [0.717, 1.165) is 5.56 Å². The maximum absolute atomic E-state index is 11.4. The molecule has 0 radical (unpaired) electrons. The maximum Gasteiger partial charge on any atom is 0.246 e. The van der Waals surface area contributed by atoms with E-state index in [-0.39, 0.29) is 18.6 Å². The molecule has 0 unspecified atom stereocenters. The summed E-state index contributed by atoms with van der Waals surface area (Å²) in [6, 6.07) is 9.80. The van der Waals surface area contributed by atoms with Crippen molar-refractivity contribution in [3.8, 4) is 0 Å². The second kappa shape index (κ2) is 6.80. The van der Waals surface area contributed by atoms with Crippen LogP contribution in [0.1, 0.15) is 18.0 Å². The van der Waals surface area contributed by atoms with Crippen molar-refractivity contribution in [1.29, 1.82) is 0 Å². The number of nitrogens with one attached hydrogen (secondary N) is 1. The lowest BCUT2D eigenvalue weighted by molar-refractivity contribution is -0.125. The third kappa shape index (κ3) is 3.87. The fraction of sp³-hybridized carbons (Fsp3) is 0.308. The number of amides is 1. The Morgan fingerprint density at radius 1 is 1.50 bits per heavy atom. The van der Waals surface area contributed by atoms with E-state index in [1.54, 1.807) is 6.08 Å². The molecular weight excluding hydrogens is 202 g/mol. The van der Waals surface area contributed by atoms with Crippen molar-refractivity contribution in [2.45, 2.75) is 12.5 Å². The topological polar surface area (TPSA) is 38.3 Å². The average Bonchev–Trinajstić information content (AvgIpc) is 2.30. The minimum Gasteiger partial charge on any atom is -0.375 e. The Morgan fingerprint density at radius 3 is 2.75 bits per heavy atom. The van der Waals surface area contributed by atoms with Crippen molar-refractivity contribution in [3.63, 3.8) is 0 Å². The number of carbonyl (C=O) groups excluding carboxylic acids is 1. The molecule has 86 valence electrons. The van der Waals surface area contributed by atoms with E-state index in [0.29, 0.717) is 6.42 Å². The zero-order valence-electron chi connectivity index (χ0n) is 9.48. The molecule has 0 aliphatic heterocycles. The SMILES string of the molecule is C=CC[C@@H](NC(=O)COC)c1ccccc1. The van der Waals surface area contributed by atoms with Gasteiger partial charge in [0.05, 0.1) is 6.04 Å². The van der Waals surface area contributed by atoms with Crippen LogP contribution in [0.2, 0.25) is 0 Å². The number of rotatable bonds is 6. The van der Waals surface area contributed by atoms with Gasteiger partial charge in [0.2, 0.25) is 5.91 Å². The van der Waals surface area contributed by atoms with Crippen molar-refractivity contribution in [2.24, 2.45) is 0 Å². The minimum absolute atomic E-state index is 0.0265. The Bertz CT molecular complexity index is 335. The first-order valence-electron chi connectivity index (χ1n) is 5.22. The van der Waals surface area contributed by atoms with Crippen LogP contribution >= 0.6 is 0 Å². The summed E-state index contributed by atoms with van der Waals surface area (Å²) in [5.74, 6) is -0.113. The maximum atomic E-state index is 11.4. The van der Waals surface area contributed by atoms with Crippen LogP contribution in [0.4, 0.5) is 0 Å². The summed E-state index contributed by atoms with van der Waals surface area (Å²) in [6.45, 7) is 3.78. The van der Waals surface area contributed by atoms with Gasteiger partial charge in [-0.15, -0.1) is 6.58 Å². The third-order valence-corrected chi connectivity index (χ3v) is 2.21. The lowest BCUT2D eigenvalue weighted by Gasteiger charge is -2.17. The van der Waals surface area contributed by atoms with Crippen LogP contribution in [0.3, 0.4) is 0 Å².